The van der Waals surface area contributed by atoms with Gasteiger partial charge in [0.1, 0.15) is 0 Å². The van der Waals surface area contributed by atoms with E-state index in [0.29, 0.717) is 29.3 Å². The lowest BCUT2D eigenvalue weighted by atomic mass is 9.99. The second kappa shape index (κ2) is 26.4. The Morgan fingerprint density at radius 1 is 1.05 bits per heavy atom. The van der Waals surface area contributed by atoms with Gasteiger partial charge >= 0.3 is 0 Å². The predicted octanol–water partition coefficient (Wildman–Crippen LogP) is 7.67. The summed E-state index contributed by atoms with van der Waals surface area (Å²) in [6.07, 6.45) is 11.3. The lowest BCUT2D eigenvalue weighted by molar-refractivity contribution is -0.116. The van der Waals surface area contributed by atoms with E-state index >= 15 is 0 Å². The smallest absolute Gasteiger partial charge is 0.255 e. The van der Waals surface area contributed by atoms with Gasteiger partial charge in [-0.15, -0.1) is 0 Å². The quantitative estimate of drug-likeness (QED) is 0.175. The Kier molecular flexibility index (Phi) is 25.9. The minimum atomic E-state index is -0.196. The van der Waals surface area contributed by atoms with Gasteiger partial charge in [0.15, 0.2) is 0 Å². The lowest BCUT2D eigenvalue weighted by Gasteiger charge is -2.30. The average Bonchev–Trinajstić information content (AvgIpc) is 3.03. The zero-order chi connectivity index (χ0) is 34.1. The van der Waals surface area contributed by atoms with Crippen molar-refractivity contribution in [2.45, 2.75) is 121 Å². The fourth-order valence-electron chi connectivity index (χ4n) is 3.82. The summed E-state index contributed by atoms with van der Waals surface area (Å²) in [6.45, 7) is 27.3. The predicted molar refractivity (Wildman–Crippen MR) is 189 cm³/mol. The third-order valence-electron chi connectivity index (χ3n) is 7.37. The number of carbonyl (C=O) groups excluding carboxylic acids is 2. The number of aromatic amines is 1. The van der Waals surface area contributed by atoms with Gasteiger partial charge < -0.3 is 20.9 Å². The molecule has 1 aromatic rings. The number of nitrogens with one attached hydrogen (secondary N) is 2. The molecule has 0 aromatic carbocycles. The van der Waals surface area contributed by atoms with Gasteiger partial charge in [-0.25, -0.2) is 0 Å². The highest BCUT2D eigenvalue weighted by Crippen LogP contribution is 2.17. The molecule has 1 aliphatic rings. The summed E-state index contributed by atoms with van der Waals surface area (Å²) < 4.78 is 0. The van der Waals surface area contributed by atoms with Crippen molar-refractivity contribution < 1.29 is 9.59 Å². The first-order chi connectivity index (χ1) is 20.8. The minimum Gasteiger partial charge on any atom is -0.339 e. The maximum Gasteiger partial charge on any atom is 0.255 e. The molecule has 1 saturated heterocycles. The normalized spacial score (nSPS) is 14.3. The van der Waals surface area contributed by atoms with Gasteiger partial charge in [-0.2, -0.15) is 0 Å². The molecule has 8 heteroatoms. The van der Waals surface area contributed by atoms with E-state index in [0.717, 1.165) is 56.1 Å². The third-order valence-corrected chi connectivity index (χ3v) is 7.37. The molecule has 0 saturated carbocycles. The highest BCUT2D eigenvalue weighted by molar-refractivity contribution is 6.04. The van der Waals surface area contributed by atoms with Crippen molar-refractivity contribution in [3.8, 4) is 0 Å². The van der Waals surface area contributed by atoms with E-state index in [9.17, 15) is 14.4 Å². The number of aliphatic imine (C=N–C) groups is 1. The summed E-state index contributed by atoms with van der Waals surface area (Å²) in [4.78, 5) is 43.3. The van der Waals surface area contributed by atoms with Crippen LogP contribution in [0.1, 0.15) is 131 Å². The Labute approximate surface area is 269 Å². The fraction of sp³-hybridized carbons (Fsp3) is 0.667. The van der Waals surface area contributed by atoms with Crippen molar-refractivity contribution in [3.05, 3.63) is 57.7 Å². The van der Waals surface area contributed by atoms with Crippen LogP contribution in [0.5, 0.6) is 0 Å². The van der Waals surface area contributed by atoms with Crippen LogP contribution in [0.4, 0.5) is 0 Å². The summed E-state index contributed by atoms with van der Waals surface area (Å²) in [5, 5.41) is 2.81. The Bertz CT molecular complexity index is 1040. The zero-order valence-electron chi connectivity index (χ0n) is 29.8. The highest BCUT2D eigenvalue weighted by Gasteiger charge is 2.21. The van der Waals surface area contributed by atoms with Crippen LogP contribution in [-0.2, 0) is 4.79 Å². The van der Waals surface area contributed by atoms with Gasteiger partial charge in [-0.3, -0.25) is 19.4 Å². The molecular weight excluding hydrogens is 550 g/mol. The van der Waals surface area contributed by atoms with Crippen LogP contribution in [0.3, 0.4) is 0 Å². The van der Waals surface area contributed by atoms with Crippen LogP contribution in [0, 0.1) is 11.8 Å². The number of unbranched alkanes of at least 4 members (excludes halogenated alkanes) is 1. The third kappa shape index (κ3) is 20.0. The number of hydrogen-bond acceptors (Lipinski definition) is 5. The second-order valence-electron chi connectivity index (χ2n) is 11.8. The lowest BCUT2D eigenvalue weighted by Crippen LogP contribution is -2.38. The molecule has 4 N–H and O–H groups in total. The van der Waals surface area contributed by atoms with E-state index in [1.807, 2.05) is 18.7 Å². The Morgan fingerprint density at radius 2 is 1.64 bits per heavy atom. The Morgan fingerprint density at radius 3 is 2.02 bits per heavy atom. The molecule has 1 aliphatic heterocycles. The van der Waals surface area contributed by atoms with Gasteiger partial charge in [0.05, 0.1) is 17.0 Å². The summed E-state index contributed by atoms with van der Waals surface area (Å²) >= 11 is 0. The van der Waals surface area contributed by atoms with Crippen LogP contribution in [0.15, 0.2) is 51.5 Å². The molecule has 2 rings (SSSR count). The first kappa shape index (κ1) is 43.1. The van der Waals surface area contributed by atoms with Crippen LogP contribution in [0.2, 0.25) is 0 Å². The Hall–Kier alpha value is -3.00. The van der Waals surface area contributed by atoms with Gasteiger partial charge in [0.25, 0.3) is 11.8 Å². The average molecular weight is 616 g/mol. The van der Waals surface area contributed by atoms with Crippen molar-refractivity contribution in [3.63, 3.8) is 0 Å². The number of H-pyrrole nitrogens is 1. The molecule has 0 aliphatic carbocycles. The number of allylic oxidation sites excluding steroid dienone is 1. The minimum absolute atomic E-state index is 0.0168. The number of likely N-dealkylation sites (tertiary alicyclic amines) is 1. The molecule has 0 bridgehead atoms. The molecule has 0 radical (unpaired) electrons. The van der Waals surface area contributed by atoms with Crippen LogP contribution >= 0.6 is 0 Å². The summed E-state index contributed by atoms with van der Waals surface area (Å²) in [5.74, 6) is 1.48. The summed E-state index contributed by atoms with van der Waals surface area (Å²) in [5.41, 5.74) is 8.90. The number of hydrogen-bond donors (Lipinski definition) is 3. The number of rotatable bonds is 11. The zero-order valence-corrected chi connectivity index (χ0v) is 29.8. The molecule has 2 amide bonds. The molecular formula is C36H65N5O3. The van der Waals surface area contributed by atoms with E-state index in [1.165, 1.54) is 44.4 Å². The summed E-state index contributed by atoms with van der Waals surface area (Å²) in [7, 11) is 0. The summed E-state index contributed by atoms with van der Waals surface area (Å²) in [6, 6.07) is 2.97. The molecule has 8 nitrogen and oxygen atoms in total. The maximum atomic E-state index is 12.0. The van der Waals surface area contributed by atoms with Crippen molar-refractivity contribution in [1.82, 2.24) is 15.2 Å². The van der Waals surface area contributed by atoms with E-state index in [2.05, 4.69) is 70.3 Å². The standard InChI is InChI=1S/C13H23N3O.C12H16N2O2.C7H16.C4H10/c1-6-7-15-11(5)12(10(4)8-14)16-13(17)9(2)3;1-9-4-6-14(7-5-9)12(16)10-2-3-11(15)13-8-10;1-4-6-7(3)5-2;1-3-4-2/h2,6-8,14H2,1,3-5H3,(H,16,17);2-3,8-9H,4-7H2,1H3,(H,13,15);7H,4-6H2,1-3H3;3-4H2,1-2H3/b12-10+,15-11?;;;. The number of amides is 2. The van der Waals surface area contributed by atoms with Gasteiger partial charge in [0.2, 0.25) is 5.56 Å². The van der Waals surface area contributed by atoms with Crippen LogP contribution in [0.25, 0.3) is 0 Å². The topological polar surface area (TPSA) is 121 Å². The molecule has 1 unspecified atom stereocenters. The molecule has 0 spiro atoms. The number of piperidine rings is 1. The van der Waals surface area contributed by atoms with Gasteiger partial charge in [-0.05, 0) is 63.5 Å². The Balaban J connectivity index is 0. The number of nitrogens with two attached hydrogens (primary N) is 1. The largest absolute Gasteiger partial charge is 0.339 e. The van der Waals surface area contributed by atoms with Gasteiger partial charge in [0, 0.05) is 44.0 Å². The molecule has 252 valence electrons. The second-order valence-corrected chi connectivity index (χ2v) is 11.8. The van der Waals surface area contributed by atoms with Crippen molar-refractivity contribution in [2.75, 3.05) is 26.2 Å². The van der Waals surface area contributed by atoms with Crippen molar-refractivity contribution in [2.24, 2.45) is 22.6 Å². The van der Waals surface area contributed by atoms with E-state index < -0.39 is 0 Å². The van der Waals surface area contributed by atoms with Crippen LogP contribution < -0.4 is 16.6 Å². The molecule has 1 aromatic heterocycles. The SMILES string of the molecule is C=C(C)C(=O)N/C(C(C)=NCCC)=C(\C)CN.CC1CCN(C(=O)c2ccc(=O)[nH]c2)CC1.CCCC.CCCC(C)CC. The first-order valence-corrected chi connectivity index (χ1v) is 16.7. The monoisotopic (exact) mass is 616 g/mol. The van der Waals surface area contributed by atoms with Crippen LogP contribution in [-0.4, -0.2) is 53.6 Å². The maximum absolute atomic E-state index is 12.0. The van der Waals surface area contributed by atoms with Crippen molar-refractivity contribution in [1.29, 1.82) is 0 Å². The van der Waals surface area contributed by atoms with Gasteiger partial charge in [-0.1, -0.05) is 87.1 Å². The van der Waals surface area contributed by atoms with E-state index in [-0.39, 0.29) is 17.4 Å². The number of carbonyl (C=O) groups is 2. The highest BCUT2D eigenvalue weighted by atomic mass is 16.2. The van der Waals surface area contributed by atoms with Crippen molar-refractivity contribution >= 4 is 17.5 Å². The number of nitrogens with zero attached hydrogens (tertiary/aromatic N) is 2. The molecule has 44 heavy (non-hydrogen) atoms. The number of aromatic nitrogens is 1. The molecule has 1 atom stereocenters. The molecule has 1 fully saturated rings. The number of pyridine rings is 1. The first-order valence-electron chi connectivity index (χ1n) is 16.7. The van der Waals surface area contributed by atoms with E-state index in [4.69, 9.17) is 5.73 Å². The molecule has 2 heterocycles. The van der Waals surface area contributed by atoms with E-state index in [1.54, 1.807) is 13.0 Å². The fourth-order valence-corrected chi connectivity index (χ4v) is 3.82.